The molecule has 2 heterocycles. The average molecular weight is 315 g/mol. The number of nitrogens with zero attached hydrogens (tertiary/aromatic N) is 1. The van der Waals surface area contributed by atoms with Crippen LogP contribution in [0, 0.1) is 0 Å². The Morgan fingerprint density at radius 3 is 2.71 bits per heavy atom. The third-order valence-corrected chi connectivity index (χ3v) is 5.12. The maximum absolute atomic E-state index is 12.5. The highest BCUT2D eigenvalue weighted by atomic mass is 32.2. The molecule has 0 bridgehead atoms. The standard InChI is InChI=1S/C14H25N3O3S/c1-3-6-17-11-14(9-13(17)10-15-2)21(18,19)16-12-4-7-20-8-5-12/h9,11-12,15-16H,3-8,10H2,1-2H3. The zero-order chi connectivity index (χ0) is 15.3. The van der Waals surface area contributed by atoms with E-state index in [-0.39, 0.29) is 6.04 Å². The minimum Gasteiger partial charge on any atom is -0.381 e. The Hall–Kier alpha value is -0.890. The molecule has 0 radical (unpaired) electrons. The first-order chi connectivity index (χ1) is 10.1. The molecule has 120 valence electrons. The van der Waals surface area contributed by atoms with Gasteiger partial charge < -0.3 is 14.6 Å². The molecule has 0 amide bonds. The van der Waals surface area contributed by atoms with Gasteiger partial charge in [0.05, 0.1) is 4.90 Å². The van der Waals surface area contributed by atoms with E-state index >= 15 is 0 Å². The Morgan fingerprint density at radius 1 is 1.38 bits per heavy atom. The quantitative estimate of drug-likeness (QED) is 0.789. The first-order valence-electron chi connectivity index (χ1n) is 7.50. The number of sulfonamides is 1. The molecule has 0 saturated carbocycles. The van der Waals surface area contributed by atoms with Crippen LogP contribution in [0.3, 0.4) is 0 Å². The fraction of sp³-hybridized carbons (Fsp3) is 0.714. The predicted molar refractivity (Wildman–Crippen MR) is 81.6 cm³/mol. The van der Waals surface area contributed by atoms with E-state index in [0.717, 1.165) is 31.5 Å². The van der Waals surface area contributed by atoms with Gasteiger partial charge >= 0.3 is 0 Å². The molecule has 0 aliphatic carbocycles. The Labute approximate surface area is 126 Å². The molecule has 1 fully saturated rings. The number of rotatable bonds is 7. The normalized spacial score (nSPS) is 17.2. The van der Waals surface area contributed by atoms with E-state index in [1.807, 2.05) is 11.6 Å². The number of aromatic nitrogens is 1. The summed E-state index contributed by atoms with van der Waals surface area (Å²) in [5.74, 6) is 0. The fourth-order valence-corrected chi connectivity index (χ4v) is 3.92. The van der Waals surface area contributed by atoms with Crippen LogP contribution in [0.1, 0.15) is 31.9 Å². The van der Waals surface area contributed by atoms with Gasteiger partial charge in [0, 0.05) is 44.2 Å². The second-order valence-corrected chi connectivity index (χ2v) is 7.11. The van der Waals surface area contributed by atoms with E-state index in [0.29, 0.717) is 24.7 Å². The fourth-order valence-electron chi connectivity index (χ4n) is 2.55. The van der Waals surface area contributed by atoms with Crippen LogP contribution >= 0.6 is 0 Å². The van der Waals surface area contributed by atoms with Crippen molar-refractivity contribution in [1.82, 2.24) is 14.6 Å². The maximum Gasteiger partial charge on any atom is 0.242 e. The molecule has 1 saturated heterocycles. The molecule has 0 spiro atoms. The van der Waals surface area contributed by atoms with Gasteiger partial charge in [0.25, 0.3) is 0 Å². The molecule has 1 aliphatic rings. The van der Waals surface area contributed by atoms with Crippen molar-refractivity contribution in [2.75, 3.05) is 20.3 Å². The molecular weight excluding hydrogens is 290 g/mol. The first-order valence-corrected chi connectivity index (χ1v) is 8.99. The van der Waals surface area contributed by atoms with Gasteiger partial charge in [-0.15, -0.1) is 0 Å². The molecule has 1 aromatic heterocycles. The smallest absolute Gasteiger partial charge is 0.242 e. The van der Waals surface area contributed by atoms with E-state index in [2.05, 4.69) is 17.0 Å². The van der Waals surface area contributed by atoms with Gasteiger partial charge in [-0.3, -0.25) is 0 Å². The summed E-state index contributed by atoms with van der Waals surface area (Å²) in [7, 11) is -1.59. The largest absolute Gasteiger partial charge is 0.381 e. The lowest BCUT2D eigenvalue weighted by Gasteiger charge is -2.22. The van der Waals surface area contributed by atoms with Crippen LogP contribution in [0.2, 0.25) is 0 Å². The summed E-state index contributed by atoms with van der Waals surface area (Å²) in [6.07, 6.45) is 4.17. The molecule has 2 N–H and O–H groups in total. The van der Waals surface area contributed by atoms with Crippen LogP contribution in [0.5, 0.6) is 0 Å². The lowest BCUT2D eigenvalue weighted by atomic mass is 10.1. The van der Waals surface area contributed by atoms with E-state index < -0.39 is 10.0 Å². The van der Waals surface area contributed by atoms with E-state index in [9.17, 15) is 8.42 Å². The Morgan fingerprint density at radius 2 is 2.10 bits per heavy atom. The lowest BCUT2D eigenvalue weighted by Crippen LogP contribution is -2.38. The van der Waals surface area contributed by atoms with Crippen LogP contribution in [-0.4, -0.2) is 39.3 Å². The summed E-state index contributed by atoms with van der Waals surface area (Å²) in [4.78, 5) is 0.354. The Balaban J connectivity index is 2.16. The van der Waals surface area contributed by atoms with Crippen molar-refractivity contribution in [3.8, 4) is 0 Å². The highest BCUT2D eigenvalue weighted by molar-refractivity contribution is 7.89. The maximum atomic E-state index is 12.5. The van der Waals surface area contributed by atoms with Crippen molar-refractivity contribution in [2.45, 2.75) is 50.2 Å². The molecule has 0 aromatic carbocycles. The number of nitrogens with one attached hydrogen (secondary N) is 2. The highest BCUT2D eigenvalue weighted by Gasteiger charge is 2.23. The van der Waals surface area contributed by atoms with Crippen molar-refractivity contribution in [3.63, 3.8) is 0 Å². The minimum atomic E-state index is -3.45. The van der Waals surface area contributed by atoms with Crippen LogP contribution in [0.15, 0.2) is 17.2 Å². The SMILES string of the molecule is CCCn1cc(S(=O)(=O)NC2CCOCC2)cc1CNC. The number of hydrogen-bond acceptors (Lipinski definition) is 4. The van der Waals surface area contributed by atoms with Crippen molar-refractivity contribution in [2.24, 2.45) is 0 Å². The van der Waals surface area contributed by atoms with Crippen LogP contribution in [0.4, 0.5) is 0 Å². The summed E-state index contributed by atoms with van der Waals surface area (Å²) < 4.78 is 35.0. The molecule has 7 heteroatoms. The average Bonchev–Trinajstić information content (AvgIpc) is 2.85. The summed E-state index contributed by atoms with van der Waals surface area (Å²) in [5, 5.41) is 3.08. The summed E-state index contributed by atoms with van der Waals surface area (Å²) in [6.45, 7) is 4.80. The van der Waals surface area contributed by atoms with Crippen molar-refractivity contribution in [1.29, 1.82) is 0 Å². The zero-order valence-corrected chi connectivity index (χ0v) is 13.6. The number of ether oxygens (including phenoxy) is 1. The Kier molecular flexibility index (Phi) is 5.80. The number of hydrogen-bond donors (Lipinski definition) is 2. The minimum absolute atomic E-state index is 0.0222. The molecule has 0 unspecified atom stereocenters. The zero-order valence-electron chi connectivity index (χ0n) is 12.8. The van der Waals surface area contributed by atoms with Crippen molar-refractivity contribution in [3.05, 3.63) is 18.0 Å². The summed E-state index contributed by atoms with van der Waals surface area (Å²) >= 11 is 0. The second kappa shape index (κ2) is 7.40. The molecule has 1 aliphatic heterocycles. The number of aryl methyl sites for hydroxylation is 1. The molecule has 2 rings (SSSR count). The van der Waals surface area contributed by atoms with Crippen molar-refractivity contribution < 1.29 is 13.2 Å². The van der Waals surface area contributed by atoms with Gasteiger partial charge in [0.2, 0.25) is 10.0 Å². The summed E-state index contributed by atoms with van der Waals surface area (Å²) in [6, 6.07) is 1.74. The van der Waals surface area contributed by atoms with Gasteiger partial charge in [0.15, 0.2) is 0 Å². The second-order valence-electron chi connectivity index (χ2n) is 5.40. The van der Waals surface area contributed by atoms with Crippen LogP contribution < -0.4 is 10.0 Å². The third-order valence-electron chi connectivity index (χ3n) is 3.64. The van der Waals surface area contributed by atoms with Gasteiger partial charge in [-0.05, 0) is 32.4 Å². The topological polar surface area (TPSA) is 72.4 Å². The molecule has 1 aromatic rings. The van der Waals surface area contributed by atoms with Crippen LogP contribution in [0.25, 0.3) is 0 Å². The Bertz CT molecular complexity index is 524. The van der Waals surface area contributed by atoms with Crippen molar-refractivity contribution >= 4 is 10.0 Å². The predicted octanol–water partition coefficient (Wildman–Crippen LogP) is 1.07. The van der Waals surface area contributed by atoms with Gasteiger partial charge in [-0.25, -0.2) is 13.1 Å². The van der Waals surface area contributed by atoms with E-state index in [4.69, 9.17) is 4.74 Å². The van der Waals surface area contributed by atoms with E-state index in [1.54, 1.807) is 12.3 Å². The molecular formula is C14H25N3O3S. The highest BCUT2D eigenvalue weighted by Crippen LogP contribution is 2.17. The monoisotopic (exact) mass is 315 g/mol. The third kappa shape index (κ3) is 4.29. The lowest BCUT2D eigenvalue weighted by molar-refractivity contribution is 0.0832. The molecule has 0 atom stereocenters. The van der Waals surface area contributed by atoms with E-state index in [1.165, 1.54) is 0 Å². The first kappa shape index (κ1) is 16.5. The summed E-state index contributed by atoms with van der Waals surface area (Å²) in [5.41, 5.74) is 0.992. The van der Waals surface area contributed by atoms with Gasteiger partial charge in [-0.1, -0.05) is 6.92 Å². The molecule has 6 nitrogen and oxygen atoms in total. The van der Waals surface area contributed by atoms with Crippen LogP contribution in [-0.2, 0) is 27.8 Å². The van der Waals surface area contributed by atoms with Gasteiger partial charge in [0.1, 0.15) is 0 Å². The van der Waals surface area contributed by atoms with Gasteiger partial charge in [-0.2, -0.15) is 0 Å². The molecule has 21 heavy (non-hydrogen) atoms.